The van der Waals surface area contributed by atoms with Gasteiger partial charge in [-0.25, -0.2) is 8.42 Å². The van der Waals surface area contributed by atoms with E-state index in [1.54, 1.807) is 66.7 Å². The van der Waals surface area contributed by atoms with E-state index in [0.29, 0.717) is 11.4 Å². The third kappa shape index (κ3) is 4.75. The molecule has 3 aromatic carbocycles. The molecule has 0 saturated heterocycles. The molecule has 5 nitrogen and oxygen atoms in total. The minimum Gasteiger partial charge on any atom is -0.325 e. The second-order valence-corrected chi connectivity index (χ2v) is 8.49. The van der Waals surface area contributed by atoms with Crippen molar-refractivity contribution < 1.29 is 13.2 Å². The van der Waals surface area contributed by atoms with Crippen LogP contribution in [0.3, 0.4) is 0 Å². The van der Waals surface area contributed by atoms with Crippen LogP contribution in [-0.2, 0) is 14.8 Å². The van der Waals surface area contributed by atoms with E-state index in [1.165, 1.54) is 12.1 Å². The summed E-state index contributed by atoms with van der Waals surface area (Å²) < 4.78 is 28.2. The van der Waals surface area contributed by atoms with Gasteiger partial charge in [0.05, 0.1) is 10.6 Å². The average Bonchev–Trinajstić information content (AvgIpc) is 2.68. The van der Waals surface area contributed by atoms with E-state index in [1.807, 2.05) is 6.07 Å². The molecule has 0 aromatic heterocycles. The first-order valence-electron chi connectivity index (χ1n) is 8.15. The summed E-state index contributed by atoms with van der Waals surface area (Å²) in [5.74, 6) is -0.427. The van der Waals surface area contributed by atoms with Gasteiger partial charge in [-0.3, -0.25) is 9.10 Å². The minimum atomic E-state index is -3.90. The standard InChI is InChI=1S/C20H17BrN2O3S/c21-16-11-13-18(14-12-16)23(27(25,26)19-9-5-2-6-10-19)15-20(24)22-17-7-3-1-4-8-17/h1-14H,15H2,(H,22,24). The number of para-hydroxylation sites is 1. The highest BCUT2D eigenvalue weighted by molar-refractivity contribution is 9.10. The van der Waals surface area contributed by atoms with E-state index >= 15 is 0 Å². The number of nitrogens with one attached hydrogen (secondary N) is 1. The highest BCUT2D eigenvalue weighted by atomic mass is 79.9. The molecule has 1 N–H and O–H groups in total. The smallest absolute Gasteiger partial charge is 0.264 e. The van der Waals surface area contributed by atoms with Crippen molar-refractivity contribution in [2.24, 2.45) is 0 Å². The van der Waals surface area contributed by atoms with E-state index in [9.17, 15) is 13.2 Å². The van der Waals surface area contributed by atoms with Crippen LogP contribution < -0.4 is 9.62 Å². The molecule has 0 heterocycles. The van der Waals surface area contributed by atoms with Gasteiger partial charge in [0, 0.05) is 10.2 Å². The van der Waals surface area contributed by atoms with Crippen molar-refractivity contribution >= 4 is 43.2 Å². The quantitative estimate of drug-likeness (QED) is 0.616. The fourth-order valence-electron chi connectivity index (χ4n) is 2.49. The second kappa shape index (κ2) is 8.37. The summed E-state index contributed by atoms with van der Waals surface area (Å²) >= 11 is 3.34. The fourth-order valence-corrected chi connectivity index (χ4v) is 4.20. The zero-order valence-electron chi connectivity index (χ0n) is 14.2. The van der Waals surface area contributed by atoms with Crippen LogP contribution in [0.15, 0.2) is 94.3 Å². The number of anilines is 2. The molecule has 138 valence electrons. The lowest BCUT2D eigenvalue weighted by Crippen LogP contribution is -2.38. The summed E-state index contributed by atoms with van der Waals surface area (Å²) in [5, 5.41) is 2.72. The van der Waals surface area contributed by atoms with Crippen LogP contribution in [0.1, 0.15) is 0 Å². The molecule has 3 rings (SSSR count). The molecule has 0 saturated carbocycles. The lowest BCUT2D eigenvalue weighted by molar-refractivity contribution is -0.114. The summed E-state index contributed by atoms with van der Waals surface area (Å²) in [6.07, 6.45) is 0. The predicted molar refractivity (Wildman–Crippen MR) is 110 cm³/mol. The molecule has 1 amide bonds. The van der Waals surface area contributed by atoms with E-state index in [4.69, 9.17) is 0 Å². The second-order valence-electron chi connectivity index (χ2n) is 5.72. The highest BCUT2D eigenvalue weighted by Crippen LogP contribution is 2.25. The molecule has 0 bridgehead atoms. The van der Waals surface area contributed by atoms with E-state index in [-0.39, 0.29) is 11.4 Å². The zero-order chi connectivity index (χ0) is 19.3. The molecular weight excluding hydrogens is 428 g/mol. The molecular formula is C20H17BrN2O3S. The van der Waals surface area contributed by atoms with E-state index < -0.39 is 15.9 Å². The molecule has 0 unspecified atom stereocenters. The average molecular weight is 445 g/mol. The van der Waals surface area contributed by atoms with Crippen LogP contribution in [0.4, 0.5) is 11.4 Å². The van der Waals surface area contributed by atoms with Gasteiger partial charge in [0.1, 0.15) is 6.54 Å². The maximum Gasteiger partial charge on any atom is 0.264 e. The number of benzene rings is 3. The van der Waals surface area contributed by atoms with Gasteiger partial charge in [-0.1, -0.05) is 52.3 Å². The zero-order valence-corrected chi connectivity index (χ0v) is 16.7. The van der Waals surface area contributed by atoms with Gasteiger partial charge in [-0.15, -0.1) is 0 Å². The molecule has 0 aliphatic carbocycles. The molecule has 7 heteroatoms. The summed E-state index contributed by atoms with van der Waals surface area (Å²) in [6.45, 7) is -0.340. The Morgan fingerprint density at radius 2 is 1.41 bits per heavy atom. The number of sulfonamides is 1. The topological polar surface area (TPSA) is 66.5 Å². The monoisotopic (exact) mass is 444 g/mol. The summed E-state index contributed by atoms with van der Waals surface area (Å²) in [5.41, 5.74) is 1.01. The predicted octanol–water partition coefficient (Wildman–Crippen LogP) is 4.28. The Hall–Kier alpha value is -2.64. The number of halogens is 1. The third-order valence-corrected chi connectivity index (χ3v) is 6.11. The fraction of sp³-hybridized carbons (Fsp3) is 0.0500. The Kier molecular flexibility index (Phi) is 5.93. The Labute approximate surface area is 166 Å². The maximum atomic E-state index is 13.1. The molecule has 0 atom stereocenters. The van der Waals surface area contributed by atoms with Crippen molar-refractivity contribution in [1.82, 2.24) is 0 Å². The van der Waals surface area contributed by atoms with Crippen molar-refractivity contribution in [3.8, 4) is 0 Å². The van der Waals surface area contributed by atoms with Crippen molar-refractivity contribution in [3.05, 3.63) is 89.4 Å². The van der Waals surface area contributed by atoms with E-state index in [2.05, 4.69) is 21.2 Å². The number of hydrogen-bond donors (Lipinski definition) is 1. The SMILES string of the molecule is O=C(CN(c1ccc(Br)cc1)S(=O)(=O)c1ccccc1)Nc1ccccc1. The van der Waals surface area contributed by atoms with Crippen LogP contribution in [-0.4, -0.2) is 20.9 Å². The largest absolute Gasteiger partial charge is 0.325 e. The first-order valence-corrected chi connectivity index (χ1v) is 10.4. The Morgan fingerprint density at radius 1 is 0.852 bits per heavy atom. The summed E-state index contributed by atoms with van der Waals surface area (Å²) in [6, 6.07) is 23.7. The van der Waals surface area contributed by atoms with Crippen molar-refractivity contribution in [3.63, 3.8) is 0 Å². The van der Waals surface area contributed by atoms with Gasteiger partial charge in [0.2, 0.25) is 5.91 Å². The molecule has 0 aliphatic heterocycles. The molecule has 0 fully saturated rings. The van der Waals surface area contributed by atoms with Crippen molar-refractivity contribution in [1.29, 1.82) is 0 Å². The minimum absolute atomic E-state index is 0.125. The van der Waals surface area contributed by atoms with Gasteiger partial charge < -0.3 is 5.32 Å². The van der Waals surface area contributed by atoms with Crippen molar-refractivity contribution in [2.45, 2.75) is 4.90 Å². The number of carbonyl (C=O) groups excluding carboxylic acids is 1. The first-order chi connectivity index (χ1) is 13.0. The summed E-state index contributed by atoms with van der Waals surface area (Å²) in [4.78, 5) is 12.6. The van der Waals surface area contributed by atoms with Gasteiger partial charge >= 0.3 is 0 Å². The molecule has 3 aromatic rings. The lowest BCUT2D eigenvalue weighted by atomic mass is 10.3. The Morgan fingerprint density at radius 3 is 2.00 bits per heavy atom. The van der Waals surface area contributed by atoms with Crippen LogP contribution in [0, 0.1) is 0 Å². The third-order valence-electron chi connectivity index (χ3n) is 3.79. The number of carbonyl (C=O) groups is 1. The highest BCUT2D eigenvalue weighted by Gasteiger charge is 2.27. The summed E-state index contributed by atoms with van der Waals surface area (Å²) in [7, 11) is -3.90. The van der Waals surface area contributed by atoms with E-state index in [0.717, 1.165) is 8.78 Å². The van der Waals surface area contributed by atoms with Crippen LogP contribution in [0.2, 0.25) is 0 Å². The Bertz CT molecular complexity index is 1010. The molecule has 0 radical (unpaired) electrons. The van der Waals surface area contributed by atoms with Crippen LogP contribution in [0.5, 0.6) is 0 Å². The van der Waals surface area contributed by atoms with Crippen LogP contribution in [0.25, 0.3) is 0 Å². The van der Waals surface area contributed by atoms with Gasteiger partial charge in [-0.05, 0) is 48.5 Å². The normalized spacial score (nSPS) is 11.0. The molecule has 0 spiro atoms. The van der Waals surface area contributed by atoms with Gasteiger partial charge in [0.15, 0.2) is 0 Å². The van der Waals surface area contributed by atoms with Crippen molar-refractivity contribution in [2.75, 3.05) is 16.2 Å². The van der Waals surface area contributed by atoms with Gasteiger partial charge in [0.25, 0.3) is 10.0 Å². The molecule has 27 heavy (non-hydrogen) atoms. The Balaban J connectivity index is 1.93. The van der Waals surface area contributed by atoms with Crippen LogP contribution >= 0.6 is 15.9 Å². The maximum absolute atomic E-state index is 13.1. The lowest BCUT2D eigenvalue weighted by Gasteiger charge is -2.24. The number of nitrogens with zero attached hydrogens (tertiary/aromatic N) is 1. The number of hydrogen-bond acceptors (Lipinski definition) is 3. The number of amides is 1. The molecule has 0 aliphatic rings. The first kappa shape index (κ1) is 19.1. The van der Waals surface area contributed by atoms with Gasteiger partial charge in [-0.2, -0.15) is 0 Å². The number of rotatable bonds is 6.